The van der Waals surface area contributed by atoms with Crippen LogP contribution in [0.5, 0.6) is 5.75 Å². The molecule has 0 spiro atoms. The predicted octanol–water partition coefficient (Wildman–Crippen LogP) is 1.69. The fourth-order valence-corrected chi connectivity index (χ4v) is 1.42. The molecule has 0 radical (unpaired) electrons. The summed E-state index contributed by atoms with van der Waals surface area (Å²) in [6, 6.07) is 2.53. The van der Waals surface area contributed by atoms with Crippen LogP contribution >= 0.6 is 15.9 Å². The van der Waals surface area contributed by atoms with E-state index in [1.54, 1.807) is 6.92 Å². The largest absolute Gasteiger partial charge is 0.482 e. The molecule has 3 N–H and O–H groups in total. The van der Waals surface area contributed by atoms with Crippen molar-refractivity contribution in [2.75, 3.05) is 18.9 Å². The van der Waals surface area contributed by atoms with Crippen LogP contribution in [0.2, 0.25) is 0 Å². The van der Waals surface area contributed by atoms with Crippen molar-refractivity contribution in [2.45, 2.75) is 6.92 Å². The van der Waals surface area contributed by atoms with Gasteiger partial charge in [-0.05, 0) is 28.9 Å². The summed E-state index contributed by atoms with van der Waals surface area (Å²) in [6.45, 7) is 2.14. The molecule has 0 bridgehead atoms. The molecule has 0 aliphatic heterocycles. The summed E-state index contributed by atoms with van der Waals surface area (Å²) in [5.74, 6) is -0.600. The van der Waals surface area contributed by atoms with E-state index >= 15 is 0 Å². The van der Waals surface area contributed by atoms with Crippen molar-refractivity contribution in [1.29, 1.82) is 0 Å². The lowest BCUT2D eigenvalue weighted by atomic mass is 10.3. The molecule has 0 unspecified atom stereocenters. The lowest BCUT2D eigenvalue weighted by Gasteiger charge is -2.09. The second kappa shape index (κ2) is 5.69. The van der Waals surface area contributed by atoms with E-state index < -0.39 is 5.82 Å². The van der Waals surface area contributed by atoms with E-state index in [0.717, 1.165) is 6.07 Å². The number of rotatable bonds is 4. The smallest absolute Gasteiger partial charge is 0.257 e. The van der Waals surface area contributed by atoms with Crippen LogP contribution in [0.1, 0.15) is 6.92 Å². The molecular weight excluding hydrogens is 279 g/mol. The highest BCUT2D eigenvalue weighted by molar-refractivity contribution is 9.10. The molecule has 16 heavy (non-hydrogen) atoms. The molecule has 88 valence electrons. The Labute approximate surface area is 101 Å². The van der Waals surface area contributed by atoms with Crippen LogP contribution in [0.3, 0.4) is 0 Å². The van der Waals surface area contributed by atoms with E-state index in [1.807, 2.05) is 0 Å². The minimum atomic E-state index is -0.486. The number of halogens is 2. The maximum absolute atomic E-state index is 13.1. The number of ether oxygens (including phenoxy) is 1. The Kier molecular flexibility index (Phi) is 4.54. The number of anilines is 1. The first-order valence-corrected chi connectivity index (χ1v) is 5.48. The highest BCUT2D eigenvalue weighted by atomic mass is 79.9. The third-order valence-corrected chi connectivity index (χ3v) is 2.39. The van der Waals surface area contributed by atoms with Gasteiger partial charge in [0.2, 0.25) is 0 Å². The molecule has 0 aliphatic rings. The minimum Gasteiger partial charge on any atom is -0.482 e. The van der Waals surface area contributed by atoms with E-state index in [1.165, 1.54) is 6.07 Å². The molecule has 0 saturated carbocycles. The molecule has 6 heteroatoms. The predicted molar refractivity (Wildman–Crippen MR) is 62.7 cm³/mol. The molecule has 1 aromatic carbocycles. The van der Waals surface area contributed by atoms with Gasteiger partial charge in [-0.2, -0.15) is 0 Å². The van der Waals surface area contributed by atoms with E-state index in [0.29, 0.717) is 6.54 Å². The average molecular weight is 291 g/mol. The Balaban J connectivity index is 2.67. The second-order valence-electron chi connectivity index (χ2n) is 3.05. The van der Waals surface area contributed by atoms with Crippen molar-refractivity contribution in [3.8, 4) is 5.75 Å². The maximum atomic E-state index is 13.1. The van der Waals surface area contributed by atoms with Crippen molar-refractivity contribution in [1.82, 2.24) is 5.32 Å². The second-order valence-corrected chi connectivity index (χ2v) is 3.90. The molecule has 4 nitrogen and oxygen atoms in total. The summed E-state index contributed by atoms with van der Waals surface area (Å²) in [5.41, 5.74) is 5.87. The lowest BCUT2D eigenvalue weighted by Crippen LogP contribution is -2.28. The number of nitrogen functional groups attached to an aromatic ring is 1. The van der Waals surface area contributed by atoms with Crippen LogP contribution in [-0.4, -0.2) is 19.1 Å². The van der Waals surface area contributed by atoms with Gasteiger partial charge in [0.1, 0.15) is 11.6 Å². The standard InChI is InChI=1S/C10H12BrFN2O2/c1-2-14-10(15)5-16-9-4-7(12)6(11)3-8(9)13/h3-4H,2,5,13H2,1H3,(H,14,15). The number of amides is 1. The van der Waals surface area contributed by atoms with Crippen LogP contribution in [-0.2, 0) is 4.79 Å². The van der Waals surface area contributed by atoms with Crippen molar-refractivity contribution in [3.63, 3.8) is 0 Å². The van der Waals surface area contributed by atoms with Crippen LogP contribution in [0.25, 0.3) is 0 Å². The summed E-state index contributed by atoms with van der Waals surface area (Å²) in [7, 11) is 0. The highest BCUT2D eigenvalue weighted by Crippen LogP contribution is 2.28. The van der Waals surface area contributed by atoms with Crippen LogP contribution in [0.4, 0.5) is 10.1 Å². The average Bonchev–Trinajstić information content (AvgIpc) is 2.22. The van der Waals surface area contributed by atoms with Gasteiger partial charge in [-0.3, -0.25) is 4.79 Å². The molecule has 0 saturated heterocycles. The topological polar surface area (TPSA) is 64.3 Å². The van der Waals surface area contributed by atoms with Crippen molar-refractivity contribution in [3.05, 3.63) is 22.4 Å². The molecule has 1 rings (SSSR count). The number of likely N-dealkylation sites (N-methyl/N-ethyl adjacent to an activating group) is 1. The van der Waals surface area contributed by atoms with Gasteiger partial charge in [0.25, 0.3) is 5.91 Å². The van der Waals surface area contributed by atoms with Gasteiger partial charge in [-0.1, -0.05) is 0 Å². The van der Waals surface area contributed by atoms with E-state index in [-0.39, 0.29) is 28.4 Å². The summed E-state index contributed by atoms with van der Waals surface area (Å²) >= 11 is 3.00. The Bertz CT molecular complexity index is 399. The number of carbonyl (C=O) groups excluding carboxylic acids is 1. The molecule has 0 atom stereocenters. The molecule has 0 aliphatic carbocycles. The lowest BCUT2D eigenvalue weighted by molar-refractivity contribution is -0.122. The van der Waals surface area contributed by atoms with Gasteiger partial charge >= 0.3 is 0 Å². The van der Waals surface area contributed by atoms with Gasteiger partial charge in [0.05, 0.1) is 10.2 Å². The normalized spacial score (nSPS) is 9.94. The van der Waals surface area contributed by atoms with Gasteiger partial charge in [0, 0.05) is 12.6 Å². The van der Waals surface area contributed by atoms with Crippen molar-refractivity contribution >= 4 is 27.5 Å². The van der Waals surface area contributed by atoms with Crippen LogP contribution < -0.4 is 15.8 Å². The first-order chi connectivity index (χ1) is 7.54. The van der Waals surface area contributed by atoms with Gasteiger partial charge in [-0.25, -0.2) is 4.39 Å². The number of hydrogen-bond acceptors (Lipinski definition) is 3. The first-order valence-electron chi connectivity index (χ1n) is 4.68. The van der Waals surface area contributed by atoms with Gasteiger partial charge in [0.15, 0.2) is 6.61 Å². The summed E-state index contributed by atoms with van der Waals surface area (Å²) in [6.07, 6.45) is 0. The Morgan fingerprint density at radius 3 is 2.94 bits per heavy atom. The zero-order valence-corrected chi connectivity index (χ0v) is 10.3. The fraction of sp³-hybridized carbons (Fsp3) is 0.300. The number of nitrogens with one attached hydrogen (secondary N) is 1. The number of nitrogens with two attached hydrogens (primary N) is 1. The third-order valence-electron chi connectivity index (χ3n) is 1.79. The van der Waals surface area contributed by atoms with Crippen LogP contribution in [0, 0.1) is 5.82 Å². The molecule has 0 aromatic heterocycles. The van der Waals surface area contributed by atoms with Crippen LogP contribution in [0.15, 0.2) is 16.6 Å². The van der Waals surface area contributed by atoms with E-state index in [4.69, 9.17) is 10.5 Å². The number of benzene rings is 1. The molecular formula is C10H12BrFN2O2. The maximum Gasteiger partial charge on any atom is 0.257 e. The number of hydrogen-bond donors (Lipinski definition) is 2. The highest BCUT2D eigenvalue weighted by Gasteiger charge is 2.08. The molecule has 0 fully saturated rings. The molecule has 1 amide bonds. The summed E-state index contributed by atoms with van der Waals surface area (Å²) in [5, 5.41) is 2.55. The van der Waals surface area contributed by atoms with E-state index in [9.17, 15) is 9.18 Å². The Morgan fingerprint density at radius 2 is 2.31 bits per heavy atom. The van der Waals surface area contributed by atoms with Gasteiger partial charge in [-0.15, -0.1) is 0 Å². The monoisotopic (exact) mass is 290 g/mol. The summed E-state index contributed by atoms with van der Waals surface area (Å²) < 4.78 is 18.5. The SMILES string of the molecule is CCNC(=O)COc1cc(F)c(Br)cc1N. The van der Waals surface area contributed by atoms with Crippen molar-refractivity contribution < 1.29 is 13.9 Å². The van der Waals surface area contributed by atoms with Gasteiger partial charge < -0.3 is 15.8 Å². The zero-order valence-electron chi connectivity index (χ0n) is 8.72. The Hall–Kier alpha value is -1.30. The molecule has 0 heterocycles. The van der Waals surface area contributed by atoms with Crippen molar-refractivity contribution in [2.24, 2.45) is 0 Å². The minimum absolute atomic E-state index is 0.159. The van der Waals surface area contributed by atoms with E-state index in [2.05, 4.69) is 21.2 Å². The number of carbonyl (C=O) groups is 1. The summed E-state index contributed by atoms with van der Waals surface area (Å²) in [4.78, 5) is 11.1. The fourth-order valence-electron chi connectivity index (χ4n) is 1.06. The molecule has 1 aromatic rings. The third kappa shape index (κ3) is 3.37. The Morgan fingerprint density at radius 1 is 1.62 bits per heavy atom. The zero-order chi connectivity index (χ0) is 12.1. The first kappa shape index (κ1) is 12.8. The quantitative estimate of drug-likeness (QED) is 0.830.